The van der Waals surface area contributed by atoms with E-state index in [-0.39, 0.29) is 5.91 Å². The molecule has 2 aromatic rings. The van der Waals surface area contributed by atoms with Crippen molar-refractivity contribution in [1.29, 1.82) is 0 Å². The molecule has 1 amide bonds. The summed E-state index contributed by atoms with van der Waals surface area (Å²) in [6.45, 7) is 1.91. The van der Waals surface area contributed by atoms with Crippen molar-refractivity contribution in [3.05, 3.63) is 59.7 Å². The lowest BCUT2D eigenvalue weighted by Crippen LogP contribution is -2.52. The van der Waals surface area contributed by atoms with Crippen molar-refractivity contribution in [2.75, 3.05) is 31.1 Å². The fourth-order valence-corrected chi connectivity index (χ4v) is 3.59. The lowest BCUT2D eigenvalue weighted by Gasteiger charge is -2.37. The van der Waals surface area contributed by atoms with E-state index in [0.29, 0.717) is 38.3 Å². The van der Waals surface area contributed by atoms with Gasteiger partial charge >= 0.3 is 6.18 Å². The first kappa shape index (κ1) is 17.7. The SMILES string of the molecule is O=C([C@H]1Cc2ccccc2O1)N1CCN(c2cccc(C(F)(F)F)c2)CC1. The molecule has 0 bridgehead atoms. The van der Waals surface area contributed by atoms with Crippen LogP contribution in [-0.4, -0.2) is 43.1 Å². The Kier molecular flexibility index (Phi) is 4.45. The summed E-state index contributed by atoms with van der Waals surface area (Å²) in [5, 5.41) is 0. The zero-order valence-electron chi connectivity index (χ0n) is 14.6. The van der Waals surface area contributed by atoms with Gasteiger partial charge in [-0.25, -0.2) is 0 Å². The summed E-state index contributed by atoms with van der Waals surface area (Å²) < 4.78 is 44.5. The average molecular weight is 376 g/mol. The Morgan fingerprint density at radius 3 is 2.44 bits per heavy atom. The molecule has 4 rings (SSSR count). The highest BCUT2D eigenvalue weighted by Crippen LogP contribution is 2.32. The molecule has 0 aromatic heterocycles. The molecular weight excluding hydrogens is 357 g/mol. The molecule has 7 heteroatoms. The predicted octanol–water partition coefficient (Wildman–Crippen LogP) is 3.36. The maximum atomic E-state index is 12.9. The molecule has 0 radical (unpaired) electrons. The van der Waals surface area contributed by atoms with Crippen molar-refractivity contribution in [2.24, 2.45) is 0 Å². The van der Waals surface area contributed by atoms with Crippen molar-refractivity contribution < 1.29 is 22.7 Å². The molecule has 2 aromatic carbocycles. The number of carbonyl (C=O) groups is 1. The van der Waals surface area contributed by atoms with Crippen LogP contribution < -0.4 is 9.64 Å². The largest absolute Gasteiger partial charge is 0.480 e. The van der Waals surface area contributed by atoms with Gasteiger partial charge in [0.25, 0.3) is 5.91 Å². The maximum absolute atomic E-state index is 12.9. The highest BCUT2D eigenvalue weighted by molar-refractivity contribution is 5.83. The molecule has 1 fully saturated rings. The number of piperazine rings is 1. The van der Waals surface area contributed by atoms with E-state index in [9.17, 15) is 18.0 Å². The third-order valence-electron chi connectivity index (χ3n) is 5.05. The lowest BCUT2D eigenvalue weighted by atomic mass is 10.1. The van der Waals surface area contributed by atoms with Gasteiger partial charge < -0.3 is 14.5 Å². The van der Waals surface area contributed by atoms with E-state index in [4.69, 9.17) is 4.74 Å². The van der Waals surface area contributed by atoms with Crippen LogP contribution in [0.2, 0.25) is 0 Å². The molecule has 0 saturated carbocycles. The number of hydrogen-bond donors (Lipinski definition) is 0. The van der Waals surface area contributed by atoms with E-state index in [2.05, 4.69) is 0 Å². The molecule has 27 heavy (non-hydrogen) atoms. The fraction of sp³-hybridized carbons (Fsp3) is 0.350. The number of anilines is 1. The highest BCUT2D eigenvalue weighted by atomic mass is 19.4. The lowest BCUT2D eigenvalue weighted by molar-refractivity contribution is -0.138. The van der Waals surface area contributed by atoms with Crippen molar-refractivity contribution in [1.82, 2.24) is 4.90 Å². The summed E-state index contributed by atoms with van der Waals surface area (Å²) in [6, 6.07) is 12.9. The number of alkyl halides is 3. The summed E-state index contributed by atoms with van der Waals surface area (Å²) in [5.74, 6) is 0.688. The van der Waals surface area contributed by atoms with Crippen LogP contribution in [0.5, 0.6) is 5.75 Å². The van der Waals surface area contributed by atoms with Crippen molar-refractivity contribution in [3.63, 3.8) is 0 Å². The van der Waals surface area contributed by atoms with Crippen LogP contribution in [-0.2, 0) is 17.4 Å². The van der Waals surface area contributed by atoms with Gasteiger partial charge in [0.15, 0.2) is 6.10 Å². The predicted molar refractivity (Wildman–Crippen MR) is 94.8 cm³/mol. The summed E-state index contributed by atoms with van der Waals surface area (Å²) in [6.07, 6.45) is -4.31. The van der Waals surface area contributed by atoms with Gasteiger partial charge in [0.1, 0.15) is 5.75 Å². The van der Waals surface area contributed by atoms with E-state index < -0.39 is 17.8 Å². The first-order valence-corrected chi connectivity index (χ1v) is 8.87. The van der Waals surface area contributed by atoms with Crippen LogP contribution in [0.4, 0.5) is 18.9 Å². The zero-order valence-corrected chi connectivity index (χ0v) is 14.6. The minimum atomic E-state index is -4.36. The van der Waals surface area contributed by atoms with Crippen molar-refractivity contribution in [3.8, 4) is 5.75 Å². The maximum Gasteiger partial charge on any atom is 0.416 e. The van der Waals surface area contributed by atoms with Gasteiger partial charge in [-0.3, -0.25) is 4.79 Å². The average Bonchev–Trinajstić information content (AvgIpc) is 3.11. The number of rotatable bonds is 2. The third-order valence-corrected chi connectivity index (χ3v) is 5.05. The molecule has 2 aliphatic heterocycles. The molecule has 1 saturated heterocycles. The van der Waals surface area contributed by atoms with Gasteiger partial charge in [-0.15, -0.1) is 0 Å². The molecule has 2 heterocycles. The third kappa shape index (κ3) is 3.59. The Balaban J connectivity index is 1.38. The van der Waals surface area contributed by atoms with E-state index in [1.807, 2.05) is 29.2 Å². The monoisotopic (exact) mass is 376 g/mol. The Morgan fingerprint density at radius 1 is 1.00 bits per heavy atom. The Morgan fingerprint density at radius 2 is 1.74 bits per heavy atom. The van der Waals surface area contributed by atoms with Gasteiger partial charge in [-0.05, 0) is 29.8 Å². The smallest absolute Gasteiger partial charge is 0.416 e. The van der Waals surface area contributed by atoms with Crippen molar-refractivity contribution >= 4 is 11.6 Å². The molecule has 0 N–H and O–H groups in total. The number of amides is 1. The van der Waals surface area contributed by atoms with E-state index in [0.717, 1.165) is 23.4 Å². The molecule has 0 unspecified atom stereocenters. The van der Waals surface area contributed by atoms with Gasteiger partial charge in [0.2, 0.25) is 0 Å². The van der Waals surface area contributed by atoms with Crippen LogP contribution in [0.25, 0.3) is 0 Å². The summed E-state index contributed by atoms with van der Waals surface area (Å²) in [7, 11) is 0. The van der Waals surface area contributed by atoms with Crippen LogP contribution in [0, 0.1) is 0 Å². The number of ether oxygens (including phenoxy) is 1. The Bertz CT molecular complexity index is 820. The van der Waals surface area contributed by atoms with E-state index in [1.165, 1.54) is 6.07 Å². The van der Waals surface area contributed by atoms with Gasteiger partial charge in [0, 0.05) is 38.3 Å². The number of halogens is 3. The van der Waals surface area contributed by atoms with Crippen molar-refractivity contribution in [2.45, 2.75) is 18.7 Å². The molecule has 0 aliphatic carbocycles. The molecule has 0 spiro atoms. The summed E-state index contributed by atoms with van der Waals surface area (Å²) in [4.78, 5) is 16.3. The standard InChI is InChI=1S/C20H19F3N2O2/c21-20(22,23)15-5-3-6-16(13-15)24-8-10-25(11-9-24)19(26)18-12-14-4-1-2-7-17(14)27-18/h1-7,13,18H,8-12H2/t18-/m1/s1. The van der Waals surface area contributed by atoms with Gasteiger partial charge in [0.05, 0.1) is 5.56 Å². The number of para-hydroxylation sites is 1. The zero-order chi connectivity index (χ0) is 19.0. The molecule has 1 atom stereocenters. The quantitative estimate of drug-likeness (QED) is 0.806. The Labute approximate surface area is 155 Å². The number of benzene rings is 2. The Hall–Kier alpha value is -2.70. The molecular formula is C20H19F3N2O2. The second kappa shape index (κ2) is 6.79. The van der Waals surface area contributed by atoms with Gasteiger partial charge in [-0.2, -0.15) is 13.2 Å². The number of carbonyl (C=O) groups excluding carboxylic acids is 1. The van der Waals surface area contributed by atoms with Crippen LogP contribution in [0.15, 0.2) is 48.5 Å². The normalized spacial score (nSPS) is 19.6. The number of fused-ring (bicyclic) bond motifs is 1. The summed E-state index contributed by atoms with van der Waals surface area (Å²) in [5.41, 5.74) is 0.899. The second-order valence-electron chi connectivity index (χ2n) is 6.78. The molecule has 2 aliphatic rings. The topological polar surface area (TPSA) is 32.8 Å². The summed E-state index contributed by atoms with van der Waals surface area (Å²) >= 11 is 0. The first-order chi connectivity index (χ1) is 12.9. The second-order valence-corrected chi connectivity index (χ2v) is 6.78. The minimum absolute atomic E-state index is 0.0603. The minimum Gasteiger partial charge on any atom is -0.480 e. The van der Waals surface area contributed by atoms with Crippen LogP contribution in [0.3, 0.4) is 0 Å². The number of nitrogens with zero attached hydrogens (tertiary/aromatic N) is 2. The van der Waals surface area contributed by atoms with Crippen LogP contribution in [0.1, 0.15) is 11.1 Å². The number of hydrogen-bond acceptors (Lipinski definition) is 3. The van der Waals surface area contributed by atoms with E-state index >= 15 is 0 Å². The van der Waals surface area contributed by atoms with Crippen LogP contribution >= 0.6 is 0 Å². The van der Waals surface area contributed by atoms with E-state index in [1.54, 1.807) is 11.0 Å². The fourth-order valence-electron chi connectivity index (χ4n) is 3.59. The highest BCUT2D eigenvalue weighted by Gasteiger charge is 2.34. The first-order valence-electron chi connectivity index (χ1n) is 8.87. The molecule has 4 nitrogen and oxygen atoms in total. The van der Waals surface area contributed by atoms with Gasteiger partial charge in [-0.1, -0.05) is 24.3 Å². The molecule has 142 valence electrons.